The number of carbonyl (C=O) groups excluding carboxylic acids is 1. The Hall–Kier alpha value is -2.30. The summed E-state index contributed by atoms with van der Waals surface area (Å²) >= 11 is 0. The van der Waals surface area contributed by atoms with Crippen molar-refractivity contribution in [3.05, 3.63) is 42.1 Å². The molecular weight excluding hydrogens is 232 g/mol. The summed E-state index contributed by atoms with van der Waals surface area (Å²) in [4.78, 5) is 22.1. The van der Waals surface area contributed by atoms with Crippen LogP contribution in [0.1, 0.15) is 23.2 Å². The van der Waals surface area contributed by atoms with E-state index < -0.39 is 5.97 Å². The van der Waals surface area contributed by atoms with Crippen LogP contribution in [0.4, 0.5) is 10.5 Å². The Morgan fingerprint density at radius 2 is 1.89 bits per heavy atom. The van der Waals surface area contributed by atoms with Gasteiger partial charge >= 0.3 is 12.0 Å². The molecule has 2 amide bonds. The third kappa shape index (κ3) is 3.62. The van der Waals surface area contributed by atoms with E-state index in [1.54, 1.807) is 18.3 Å². The summed E-state index contributed by atoms with van der Waals surface area (Å²) in [5.41, 5.74) is 0.743. The number of hydrogen-bond acceptors (Lipinski definition) is 2. The fraction of sp³-hybridized carbons (Fsp3) is 0.231. The second-order valence-corrected chi connectivity index (χ2v) is 4.18. The van der Waals surface area contributed by atoms with E-state index in [0.717, 1.165) is 0 Å². The molecule has 5 heteroatoms. The number of amides is 2. The topological polar surface area (TPSA) is 78.4 Å². The van der Waals surface area contributed by atoms with Gasteiger partial charge in [0.1, 0.15) is 0 Å². The van der Waals surface area contributed by atoms with Crippen LogP contribution in [0.15, 0.2) is 36.5 Å². The quantitative estimate of drug-likeness (QED) is 0.763. The van der Waals surface area contributed by atoms with Crippen LogP contribution >= 0.6 is 0 Å². The minimum atomic E-state index is -0.988. The number of anilines is 1. The highest BCUT2D eigenvalue weighted by Gasteiger charge is 2.17. The van der Waals surface area contributed by atoms with E-state index in [4.69, 9.17) is 5.11 Å². The highest BCUT2D eigenvalue weighted by Crippen LogP contribution is 2.29. The molecule has 0 spiro atoms. The largest absolute Gasteiger partial charge is 0.478 e. The maximum Gasteiger partial charge on any atom is 0.335 e. The third-order valence-corrected chi connectivity index (χ3v) is 2.59. The molecule has 1 aliphatic carbocycles. The van der Waals surface area contributed by atoms with Gasteiger partial charge in [0.05, 0.1) is 5.56 Å². The van der Waals surface area contributed by atoms with Gasteiger partial charge in [0.25, 0.3) is 0 Å². The molecule has 1 aliphatic rings. The molecular formula is C13H14N2O3. The Morgan fingerprint density at radius 1 is 1.22 bits per heavy atom. The van der Waals surface area contributed by atoms with E-state index in [1.807, 2.05) is 6.08 Å². The molecule has 0 saturated heterocycles. The van der Waals surface area contributed by atoms with E-state index in [9.17, 15) is 9.59 Å². The molecule has 0 aromatic heterocycles. The van der Waals surface area contributed by atoms with Crippen molar-refractivity contribution in [3.8, 4) is 0 Å². The van der Waals surface area contributed by atoms with Crippen LogP contribution in [0.5, 0.6) is 0 Å². The molecule has 18 heavy (non-hydrogen) atoms. The lowest BCUT2D eigenvalue weighted by molar-refractivity contribution is 0.0697. The first-order valence-electron chi connectivity index (χ1n) is 5.73. The van der Waals surface area contributed by atoms with Crippen LogP contribution in [0.25, 0.3) is 0 Å². The molecule has 0 unspecified atom stereocenters. The Kier molecular flexibility index (Phi) is 3.62. The van der Waals surface area contributed by atoms with E-state index >= 15 is 0 Å². The van der Waals surface area contributed by atoms with Crippen molar-refractivity contribution in [1.29, 1.82) is 0 Å². The Labute approximate surface area is 105 Å². The van der Waals surface area contributed by atoms with Crippen LogP contribution in [-0.4, -0.2) is 17.1 Å². The van der Waals surface area contributed by atoms with Crippen molar-refractivity contribution < 1.29 is 14.7 Å². The minimum Gasteiger partial charge on any atom is -0.478 e. The average Bonchev–Trinajstić information content (AvgIpc) is 3.13. The molecule has 94 valence electrons. The van der Waals surface area contributed by atoms with Gasteiger partial charge in [-0.05, 0) is 43.0 Å². The molecule has 1 saturated carbocycles. The first-order valence-corrected chi connectivity index (χ1v) is 5.73. The summed E-state index contributed by atoms with van der Waals surface area (Å²) in [7, 11) is 0. The van der Waals surface area contributed by atoms with E-state index in [2.05, 4.69) is 10.6 Å². The van der Waals surface area contributed by atoms with Crippen LogP contribution < -0.4 is 10.6 Å². The first-order chi connectivity index (χ1) is 8.65. The second-order valence-electron chi connectivity index (χ2n) is 4.18. The van der Waals surface area contributed by atoms with Gasteiger partial charge in [-0.2, -0.15) is 0 Å². The summed E-state index contributed by atoms with van der Waals surface area (Å²) in [6, 6.07) is 5.65. The van der Waals surface area contributed by atoms with Gasteiger partial charge in [0, 0.05) is 11.9 Å². The fourth-order valence-corrected chi connectivity index (χ4v) is 1.41. The summed E-state index contributed by atoms with van der Waals surface area (Å²) in [6.07, 6.45) is 5.98. The van der Waals surface area contributed by atoms with E-state index in [-0.39, 0.29) is 11.6 Å². The van der Waals surface area contributed by atoms with Crippen molar-refractivity contribution >= 4 is 17.7 Å². The lowest BCUT2D eigenvalue weighted by Gasteiger charge is -2.04. The molecule has 0 atom stereocenters. The Bertz CT molecular complexity index is 476. The van der Waals surface area contributed by atoms with Crippen molar-refractivity contribution in [2.24, 2.45) is 5.92 Å². The molecule has 0 bridgehead atoms. The van der Waals surface area contributed by atoms with Crippen molar-refractivity contribution in [1.82, 2.24) is 5.32 Å². The van der Waals surface area contributed by atoms with Crippen LogP contribution in [-0.2, 0) is 0 Å². The normalized spacial score (nSPS) is 14.4. The summed E-state index contributed by atoms with van der Waals surface area (Å²) in [5, 5.41) is 13.9. The highest BCUT2D eigenvalue weighted by atomic mass is 16.4. The zero-order valence-corrected chi connectivity index (χ0v) is 9.72. The first kappa shape index (κ1) is 12.2. The van der Waals surface area contributed by atoms with Crippen molar-refractivity contribution in [2.45, 2.75) is 12.8 Å². The molecule has 0 aliphatic heterocycles. The summed E-state index contributed by atoms with van der Waals surface area (Å²) in [6.45, 7) is 0. The van der Waals surface area contributed by atoms with Gasteiger partial charge in [0.2, 0.25) is 0 Å². The summed E-state index contributed by atoms with van der Waals surface area (Å²) in [5.74, 6) is -0.376. The molecule has 5 nitrogen and oxygen atoms in total. The van der Waals surface area contributed by atoms with Gasteiger partial charge in [-0.3, -0.25) is 0 Å². The second kappa shape index (κ2) is 5.35. The number of carboxylic acid groups (broad SMARTS) is 1. The van der Waals surface area contributed by atoms with Gasteiger partial charge < -0.3 is 15.7 Å². The zero-order valence-electron chi connectivity index (χ0n) is 9.72. The number of aromatic carboxylic acids is 1. The zero-order chi connectivity index (χ0) is 13.0. The Morgan fingerprint density at radius 3 is 2.44 bits per heavy atom. The van der Waals surface area contributed by atoms with Crippen molar-refractivity contribution in [2.75, 3.05) is 5.32 Å². The molecule has 2 rings (SSSR count). The maximum absolute atomic E-state index is 11.4. The SMILES string of the molecule is O=C(N/C=C/C1CC1)Nc1ccc(C(=O)O)cc1. The summed E-state index contributed by atoms with van der Waals surface area (Å²) < 4.78 is 0. The predicted octanol–water partition coefficient (Wildman–Crippen LogP) is 2.43. The maximum atomic E-state index is 11.4. The highest BCUT2D eigenvalue weighted by molar-refractivity contribution is 5.91. The predicted molar refractivity (Wildman–Crippen MR) is 67.4 cm³/mol. The lowest BCUT2D eigenvalue weighted by Crippen LogP contribution is -2.23. The smallest absolute Gasteiger partial charge is 0.335 e. The standard InChI is InChI=1S/C13H14N2O3/c16-12(17)10-3-5-11(6-4-10)15-13(18)14-8-7-9-1-2-9/h3-9H,1-2H2,(H,16,17)(H2,14,15,18)/b8-7+. The number of nitrogens with one attached hydrogen (secondary N) is 2. The van der Waals surface area contributed by atoms with Gasteiger partial charge in [-0.15, -0.1) is 0 Å². The van der Waals surface area contributed by atoms with Gasteiger partial charge in [0.15, 0.2) is 0 Å². The van der Waals surface area contributed by atoms with Crippen LogP contribution in [0, 0.1) is 5.92 Å². The van der Waals surface area contributed by atoms with Crippen LogP contribution in [0.3, 0.4) is 0 Å². The molecule has 1 aromatic rings. The lowest BCUT2D eigenvalue weighted by atomic mass is 10.2. The number of hydrogen-bond donors (Lipinski definition) is 3. The average molecular weight is 246 g/mol. The van der Waals surface area contributed by atoms with E-state index in [0.29, 0.717) is 11.6 Å². The number of urea groups is 1. The number of benzene rings is 1. The van der Waals surface area contributed by atoms with Gasteiger partial charge in [-0.1, -0.05) is 6.08 Å². The fourth-order valence-electron chi connectivity index (χ4n) is 1.41. The third-order valence-electron chi connectivity index (χ3n) is 2.59. The number of allylic oxidation sites excluding steroid dienone is 1. The number of carbonyl (C=O) groups is 2. The minimum absolute atomic E-state index is 0.189. The number of carboxylic acids is 1. The molecule has 0 heterocycles. The molecule has 0 radical (unpaired) electrons. The monoisotopic (exact) mass is 246 g/mol. The number of rotatable bonds is 4. The molecule has 1 fully saturated rings. The Balaban J connectivity index is 1.84. The molecule has 1 aromatic carbocycles. The molecule has 3 N–H and O–H groups in total. The van der Waals surface area contributed by atoms with Gasteiger partial charge in [-0.25, -0.2) is 9.59 Å². The van der Waals surface area contributed by atoms with E-state index in [1.165, 1.54) is 25.0 Å². The van der Waals surface area contributed by atoms with Crippen molar-refractivity contribution in [3.63, 3.8) is 0 Å². The van der Waals surface area contributed by atoms with Crippen LogP contribution in [0.2, 0.25) is 0 Å².